The number of hydrogen-bond acceptors (Lipinski definition) is 2. The number of aliphatic hydroxyl groups is 1. The van der Waals surface area contributed by atoms with Crippen LogP contribution in [0.25, 0.3) is 0 Å². The molecule has 2 nitrogen and oxygen atoms in total. The average Bonchev–Trinajstić information content (AvgIpc) is 2.06. The molecule has 0 aromatic heterocycles. The van der Waals surface area contributed by atoms with E-state index in [0.717, 1.165) is 5.56 Å². The standard InChI is InChI=1S/C10H12O2.Ac/c1-8(11)10(12)7-9-5-3-2-4-6-9;/h2-6,10,12H,7H2,1H3;. The van der Waals surface area contributed by atoms with Gasteiger partial charge in [0, 0.05) is 50.5 Å². The van der Waals surface area contributed by atoms with E-state index in [4.69, 9.17) is 0 Å². The van der Waals surface area contributed by atoms with Crippen molar-refractivity contribution in [2.24, 2.45) is 0 Å². The van der Waals surface area contributed by atoms with Crippen LogP contribution in [0.3, 0.4) is 0 Å². The van der Waals surface area contributed by atoms with Crippen molar-refractivity contribution >= 4 is 5.78 Å². The summed E-state index contributed by atoms with van der Waals surface area (Å²) < 4.78 is 0. The largest absolute Gasteiger partial charge is 0.385 e. The molecule has 1 N–H and O–H groups in total. The van der Waals surface area contributed by atoms with Gasteiger partial charge < -0.3 is 5.11 Å². The zero-order chi connectivity index (χ0) is 8.97. The Morgan fingerprint density at radius 2 is 1.92 bits per heavy atom. The normalized spacial score (nSPS) is 11.5. The van der Waals surface area contributed by atoms with Crippen LogP contribution in [0.1, 0.15) is 12.5 Å². The van der Waals surface area contributed by atoms with Gasteiger partial charge in [0.15, 0.2) is 5.78 Å². The van der Waals surface area contributed by atoms with Crippen LogP contribution in [0.2, 0.25) is 0 Å². The number of Topliss-reactive ketones (excluding diaryl/α,β-unsaturated/α-hetero) is 1. The Labute approximate surface area is 114 Å². The zero-order valence-corrected chi connectivity index (χ0v) is 12.3. The molecule has 0 aliphatic heterocycles. The molecule has 1 radical (unpaired) electrons. The summed E-state index contributed by atoms with van der Waals surface area (Å²) in [5.41, 5.74) is 0.986. The number of rotatable bonds is 3. The van der Waals surface area contributed by atoms with Crippen LogP contribution in [0.5, 0.6) is 0 Å². The molecule has 0 fully saturated rings. The van der Waals surface area contributed by atoms with Crippen molar-refractivity contribution in [2.45, 2.75) is 19.4 Å². The summed E-state index contributed by atoms with van der Waals surface area (Å²) in [5.74, 6) is -0.182. The molecule has 3 heteroatoms. The van der Waals surface area contributed by atoms with E-state index in [1.54, 1.807) is 0 Å². The topological polar surface area (TPSA) is 37.3 Å². The maximum Gasteiger partial charge on any atom is 0.158 e. The van der Waals surface area contributed by atoms with E-state index in [1.165, 1.54) is 6.92 Å². The van der Waals surface area contributed by atoms with Crippen LogP contribution >= 0.6 is 0 Å². The average molecular weight is 391 g/mol. The molecule has 0 heterocycles. The second kappa shape index (κ2) is 6.70. The summed E-state index contributed by atoms with van der Waals surface area (Å²) in [6, 6.07) is 9.48. The van der Waals surface area contributed by atoms with Crippen molar-refractivity contribution in [3.63, 3.8) is 0 Å². The van der Waals surface area contributed by atoms with Crippen molar-refractivity contribution in [1.82, 2.24) is 0 Å². The van der Waals surface area contributed by atoms with Crippen LogP contribution in [0.4, 0.5) is 0 Å². The third kappa shape index (κ3) is 4.91. The molecule has 0 saturated carbocycles. The molecule has 1 atom stereocenters. The van der Waals surface area contributed by atoms with E-state index in [-0.39, 0.29) is 49.8 Å². The predicted octanol–water partition coefficient (Wildman–Crippen LogP) is 1.18. The molecule has 0 aliphatic carbocycles. The molecule has 0 saturated heterocycles. The molecule has 13 heavy (non-hydrogen) atoms. The minimum atomic E-state index is -0.854. The van der Waals surface area contributed by atoms with Gasteiger partial charge in [-0.3, -0.25) is 4.79 Å². The van der Waals surface area contributed by atoms with Gasteiger partial charge in [-0.2, -0.15) is 0 Å². The summed E-state index contributed by atoms with van der Waals surface area (Å²) >= 11 is 0. The molecule has 0 spiro atoms. The van der Waals surface area contributed by atoms with Crippen LogP contribution in [0, 0.1) is 44.1 Å². The fourth-order valence-corrected chi connectivity index (χ4v) is 0.981. The molecule has 1 aromatic rings. The van der Waals surface area contributed by atoms with Gasteiger partial charge in [0.25, 0.3) is 0 Å². The molecule has 0 aliphatic rings. The van der Waals surface area contributed by atoms with Crippen molar-refractivity contribution in [1.29, 1.82) is 0 Å². The second-order valence-corrected chi connectivity index (χ2v) is 2.82. The van der Waals surface area contributed by atoms with Crippen molar-refractivity contribution in [3.05, 3.63) is 35.9 Å². The number of carbonyl (C=O) groups excluding carboxylic acids is 1. The van der Waals surface area contributed by atoms with Gasteiger partial charge in [-0.1, -0.05) is 30.3 Å². The summed E-state index contributed by atoms with van der Waals surface area (Å²) in [5, 5.41) is 9.23. The monoisotopic (exact) mass is 391 g/mol. The van der Waals surface area contributed by atoms with Gasteiger partial charge in [0.2, 0.25) is 0 Å². The van der Waals surface area contributed by atoms with Crippen molar-refractivity contribution < 1.29 is 54.0 Å². The van der Waals surface area contributed by atoms with E-state index in [2.05, 4.69) is 0 Å². The maximum absolute atomic E-state index is 10.7. The number of carbonyl (C=O) groups is 1. The van der Waals surface area contributed by atoms with Gasteiger partial charge in [-0.15, -0.1) is 0 Å². The summed E-state index contributed by atoms with van der Waals surface area (Å²) in [6.45, 7) is 1.40. The molecular weight excluding hydrogens is 379 g/mol. The predicted molar refractivity (Wildman–Crippen MR) is 46.8 cm³/mol. The van der Waals surface area contributed by atoms with E-state index in [1.807, 2.05) is 30.3 Å². The number of aliphatic hydroxyl groups excluding tert-OH is 1. The third-order valence-electron chi connectivity index (χ3n) is 1.74. The molecule has 1 aromatic carbocycles. The first kappa shape index (κ1) is 13.3. The first-order chi connectivity index (χ1) is 5.70. The number of ketones is 1. The van der Waals surface area contributed by atoms with E-state index >= 15 is 0 Å². The second-order valence-electron chi connectivity index (χ2n) is 2.82. The summed E-state index contributed by atoms with van der Waals surface area (Å²) in [4.78, 5) is 10.7. The molecule has 1 unspecified atom stereocenters. The Kier molecular flexibility index (Phi) is 6.85. The minimum Gasteiger partial charge on any atom is -0.385 e. The van der Waals surface area contributed by atoms with Gasteiger partial charge in [-0.05, 0) is 12.5 Å². The Bertz CT molecular complexity index is 259. The van der Waals surface area contributed by atoms with Crippen LogP contribution in [-0.2, 0) is 11.2 Å². The summed E-state index contributed by atoms with van der Waals surface area (Å²) in [7, 11) is 0. The Hall–Kier alpha value is 0.292. The van der Waals surface area contributed by atoms with Crippen LogP contribution in [-0.4, -0.2) is 17.0 Å². The Morgan fingerprint density at radius 1 is 1.38 bits per heavy atom. The Morgan fingerprint density at radius 3 is 2.38 bits per heavy atom. The Balaban J connectivity index is 0.00000144. The number of benzene rings is 1. The molecule has 1 rings (SSSR count). The first-order valence-corrected chi connectivity index (χ1v) is 3.92. The molecule has 0 bridgehead atoms. The van der Waals surface area contributed by atoms with Crippen LogP contribution < -0.4 is 0 Å². The molecule has 67 valence electrons. The van der Waals surface area contributed by atoms with Crippen molar-refractivity contribution in [2.75, 3.05) is 0 Å². The van der Waals surface area contributed by atoms with Crippen LogP contribution in [0.15, 0.2) is 30.3 Å². The van der Waals surface area contributed by atoms with Gasteiger partial charge in [0.1, 0.15) is 6.10 Å². The van der Waals surface area contributed by atoms with Gasteiger partial charge >= 0.3 is 0 Å². The third-order valence-corrected chi connectivity index (χ3v) is 1.74. The fourth-order valence-electron chi connectivity index (χ4n) is 0.981. The number of hydrogen-bond donors (Lipinski definition) is 1. The first-order valence-electron chi connectivity index (χ1n) is 3.92. The van der Waals surface area contributed by atoms with E-state index < -0.39 is 6.10 Å². The minimum absolute atomic E-state index is 0. The maximum atomic E-state index is 10.7. The van der Waals surface area contributed by atoms with Crippen molar-refractivity contribution in [3.8, 4) is 0 Å². The van der Waals surface area contributed by atoms with Gasteiger partial charge in [0.05, 0.1) is 0 Å². The quantitative estimate of drug-likeness (QED) is 0.841. The summed E-state index contributed by atoms with van der Waals surface area (Å²) in [6.07, 6.45) is -0.441. The van der Waals surface area contributed by atoms with Gasteiger partial charge in [-0.25, -0.2) is 0 Å². The van der Waals surface area contributed by atoms with E-state index in [9.17, 15) is 9.90 Å². The molecule has 0 amide bonds. The fraction of sp³-hybridized carbons (Fsp3) is 0.300. The zero-order valence-electron chi connectivity index (χ0n) is 7.60. The molecular formula is C10H12AcO2. The van der Waals surface area contributed by atoms with E-state index in [0.29, 0.717) is 6.42 Å². The smallest absolute Gasteiger partial charge is 0.158 e. The SMILES string of the molecule is CC(=O)C(O)Cc1ccccc1.[Ac].